The van der Waals surface area contributed by atoms with Crippen LogP contribution in [-0.4, -0.2) is 36.7 Å². The van der Waals surface area contributed by atoms with Crippen LogP contribution in [0.3, 0.4) is 0 Å². The Morgan fingerprint density at radius 2 is 1.88 bits per heavy atom. The Labute approximate surface area is 147 Å². The molecule has 7 nitrogen and oxygen atoms in total. The van der Waals surface area contributed by atoms with Crippen molar-refractivity contribution in [1.82, 2.24) is 30.0 Å². The number of hydrogen-bond acceptors (Lipinski definition) is 5. The van der Waals surface area contributed by atoms with Crippen LogP contribution in [0.15, 0.2) is 18.6 Å². The Balaban J connectivity index is 1.53. The van der Waals surface area contributed by atoms with Crippen LogP contribution in [0.4, 0.5) is 0 Å². The highest BCUT2D eigenvalue weighted by atomic mass is 16.2. The van der Waals surface area contributed by atoms with Gasteiger partial charge in [-0.1, -0.05) is 25.7 Å². The molecule has 0 radical (unpaired) electrons. The fraction of sp³-hybridized carbons (Fsp3) is 0.611. The highest BCUT2D eigenvalue weighted by molar-refractivity contribution is 5.83. The monoisotopic (exact) mass is 340 g/mol. The van der Waals surface area contributed by atoms with Crippen LogP contribution >= 0.6 is 0 Å². The second-order valence-corrected chi connectivity index (χ2v) is 7.02. The molecule has 0 aromatic carbocycles. The van der Waals surface area contributed by atoms with Crippen molar-refractivity contribution in [3.63, 3.8) is 0 Å². The summed E-state index contributed by atoms with van der Waals surface area (Å²) < 4.78 is 2.03. The lowest BCUT2D eigenvalue weighted by molar-refractivity contribution is -0.124. The maximum absolute atomic E-state index is 12.9. The molecule has 3 heterocycles. The van der Waals surface area contributed by atoms with E-state index in [1.54, 1.807) is 18.6 Å². The van der Waals surface area contributed by atoms with Crippen molar-refractivity contribution in [3.8, 4) is 11.5 Å². The number of carbonyl (C=O) groups excluding carboxylic acids is 1. The van der Waals surface area contributed by atoms with Gasteiger partial charge in [-0.25, -0.2) is 4.98 Å². The second kappa shape index (κ2) is 7.29. The number of fused-ring (bicyclic) bond motifs is 1. The van der Waals surface area contributed by atoms with E-state index in [2.05, 4.69) is 25.5 Å². The molecule has 132 valence electrons. The van der Waals surface area contributed by atoms with Gasteiger partial charge in [-0.15, -0.1) is 10.2 Å². The average molecular weight is 340 g/mol. The molecule has 1 atom stereocenters. The van der Waals surface area contributed by atoms with Crippen LogP contribution in [-0.2, 0) is 11.3 Å². The largest absolute Gasteiger partial charge is 0.353 e. The van der Waals surface area contributed by atoms with Crippen molar-refractivity contribution in [3.05, 3.63) is 24.4 Å². The highest BCUT2D eigenvalue weighted by Gasteiger charge is 2.32. The van der Waals surface area contributed by atoms with E-state index in [4.69, 9.17) is 0 Å². The summed E-state index contributed by atoms with van der Waals surface area (Å²) >= 11 is 0. The van der Waals surface area contributed by atoms with Gasteiger partial charge >= 0.3 is 0 Å². The third-order valence-corrected chi connectivity index (χ3v) is 5.28. The van der Waals surface area contributed by atoms with Gasteiger partial charge in [0.05, 0.1) is 12.1 Å². The second-order valence-electron chi connectivity index (χ2n) is 7.02. The van der Waals surface area contributed by atoms with Crippen molar-refractivity contribution in [2.75, 3.05) is 0 Å². The maximum atomic E-state index is 12.9. The lowest BCUT2D eigenvalue weighted by Gasteiger charge is -2.25. The van der Waals surface area contributed by atoms with Crippen molar-refractivity contribution >= 4 is 5.91 Å². The van der Waals surface area contributed by atoms with Gasteiger partial charge in [-0.3, -0.25) is 9.78 Å². The summed E-state index contributed by atoms with van der Waals surface area (Å²) in [6.45, 7) is 0.821. The highest BCUT2D eigenvalue weighted by Crippen LogP contribution is 2.30. The Bertz CT molecular complexity index is 720. The first-order chi connectivity index (χ1) is 12.3. The van der Waals surface area contributed by atoms with Crippen LogP contribution in [0, 0.1) is 0 Å². The van der Waals surface area contributed by atoms with Gasteiger partial charge in [0.1, 0.15) is 11.5 Å². The van der Waals surface area contributed by atoms with Crippen LogP contribution in [0.1, 0.15) is 63.1 Å². The van der Waals surface area contributed by atoms with Gasteiger partial charge in [0, 0.05) is 25.0 Å². The van der Waals surface area contributed by atoms with E-state index in [9.17, 15) is 4.79 Å². The predicted octanol–water partition coefficient (Wildman–Crippen LogP) is 2.45. The third-order valence-electron chi connectivity index (χ3n) is 5.28. The molecule has 2 aliphatic rings. The molecule has 1 fully saturated rings. The summed E-state index contributed by atoms with van der Waals surface area (Å²) in [5.74, 6) is 1.36. The Kier molecular flexibility index (Phi) is 4.72. The Morgan fingerprint density at radius 3 is 2.64 bits per heavy atom. The fourth-order valence-corrected chi connectivity index (χ4v) is 3.95. The van der Waals surface area contributed by atoms with E-state index >= 15 is 0 Å². The molecular weight excluding hydrogens is 316 g/mol. The molecular formula is C18H24N6O. The quantitative estimate of drug-likeness (QED) is 0.868. The van der Waals surface area contributed by atoms with Gasteiger partial charge in [0.25, 0.3) is 0 Å². The van der Waals surface area contributed by atoms with E-state index in [0.29, 0.717) is 17.6 Å². The van der Waals surface area contributed by atoms with Crippen molar-refractivity contribution in [2.45, 2.75) is 69.9 Å². The van der Waals surface area contributed by atoms with Crippen molar-refractivity contribution < 1.29 is 4.79 Å². The van der Waals surface area contributed by atoms with Crippen LogP contribution in [0.2, 0.25) is 0 Å². The molecule has 4 rings (SSSR count). The molecule has 1 unspecified atom stereocenters. The first kappa shape index (κ1) is 16.2. The number of nitrogens with one attached hydrogen (secondary N) is 1. The summed E-state index contributed by atoms with van der Waals surface area (Å²) in [5.41, 5.74) is 0.700. The van der Waals surface area contributed by atoms with E-state index in [0.717, 1.165) is 38.1 Å². The van der Waals surface area contributed by atoms with E-state index in [1.807, 2.05) is 4.57 Å². The zero-order valence-electron chi connectivity index (χ0n) is 14.4. The minimum Gasteiger partial charge on any atom is -0.353 e. The van der Waals surface area contributed by atoms with Gasteiger partial charge < -0.3 is 9.88 Å². The number of hydrogen-bond donors (Lipinski definition) is 1. The summed E-state index contributed by atoms with van der Waals surface area (Å²) in [5, 5.41) is 11.9. The summed E-state index contributed by atoms with van der Waals surface area (Å²) in [4.78, 5) is 21.3. The molecule has 7 heteroatoms. The van der Waals surface area contributed by atoms with Gasteiger partial charge in [-0.05, 0) is 25.7 Å². The van der Waals surface area contributed by atoms with Crippen molar-refractivity contribution in [1.29, 1.82) is 0 Å². The zero-order chi connectivity index (χ0) is 17.1. The molecule has 0 spiro atoms. The van der Waals surface area contributed by atoms with E-state index in [1.165, 1.54) is 25.7 Å². The molecule has 1 saturated carbocycles. The fourth-order valence-electron chi connectivity index (χ4n) is 3.95. The lowest BCUT2D eigenvalue weighted by Crippen LogP contribution is -2.39. The first-order valence-corrected chi connectivity index (χ1v) is 9.33. The van der Waals surface area contributed by atoms with E-state index < -0.39 is 0 Å². The average Bonchev–Trinajstić information content (AvgIpc) is 2.92. The van der Waals surface area contributed by atoms with Gasteiger partial charge in [0.15, 0.2) is 5.82 Å². The standard InChI is InChI=1S/C18H24N6O/c25-18(21-13-6-3-1-2-4-7-13)14-8-5-11-24-16(14)22-23-17(24)15-12-19-9-10-20-15/h9-10,12-14H,1-8,11H2,(H,21,25). The molecule has 1 amide bonds. The number of amides is 1. The van der Waals surface area contributed by atoms with Crippen LogP contribution in [0.25, 0.3) is 11.5 Å². The molecule has 0 saturated heterocycles. The minimum atomic E-state index is -0.213. The first-order valence-electron chi connectivity index (χ1n) is 9.33. The molecule has 2 aromatic heterocycles. The van der Waals surface area contributed by atoms with Crippen molar-refractivity contribution in [2.24, 2.45) is 0 Å². The predicted molar refractivity (Wildman–Crippen MR) is 92.7 cm³/mol. The number of rotatable bonds is 3. The van der Waals surface area contributed by atoms with Gasteiger partial charge in [0.2, 0.25) is 5.91 Å². The molecule has 0 bridgehead atoms. The van der Waals surface area contributed by atoms with E-state index in [-0.39, 0.29) is 11.8 Å². The Hall–Kier alpha value is -2.31. The lowest BCUT2D eigenvalue weighted by atomic mass is 9.96. The van der Waals surface area contributed by atoms with Crippen LogP contribution < -0.4 is 5.32 Å². The van der Waals surface area contributed by atoms with Crippen LogP contribution in [0.5, 0.6) is 0 Å². The zero-order valence-corrected chi connectivity index (χ0v) is 14.4. The number of aromatic nitrogens is 5. The Morgan fingerprint density at radius 1 is 1.04 bits per heavy atom. The normalized spacial score (nSPS) is 21.4. The number of carbonyl (C=O) groups is 1. The molecule has 1 aliphatic carbocycles. The third kappa shape index (κ3) is 3.41. The molecule has 25 heavy (non-hydrogen) atoms. The summed E-state index contributed by atoms with van der Waals surface area (Å²) in [6.07, 6.45) is 13.9. The molecule has 2 aromatic rings. The van der Waals surface area contributed by atoms with Gasteiger partial charge in [-0.2, -0.15) is 0 Å². The summed E-state index contributed by atoms with van der Waals surface area (Å²) in [7, 11) is 0. The maximum Gasteiger partial charge on any atom is 0.231 e. The smallest absolute Gasteiger partial charge is 0.231 e. The SMILES string of the molecule is O=C(NC1CCCCCC1)C1CCCn2c(-c3cnccn3)nnc21. The summed E-state index contributed by atoms with van der Waals surface area (Å²) in [6, 6.07) is 0.313. The molecule has 1 N–H and O–H groups in total. The topological polar surface area (TPSA) is 85.6 Å². The molecule has 1 aliphatic heterocycles. The minimum absolute atomic E-state index is 0.103. The number of nitrogens with zero attached hydrogens (tertiary/aromatic N) is 5.